The maximum absolute atomic E-state index is 9.63. The summed E-state index contributed by atoms with van der Waals surface area (Å²) in [7, 11) is 4.15. The largest absolute Gasteiger partial charge is 0.508 e. The first kappa shape index (κ1) is 13.0. The van der Waals surface area contributed by atoms with E-state index in [2.05, 4.69) is 24.3 Å². The molecule has 0 aliphatic rings. The zero-order chi connectivity index (χ0) is 12.0. The van der Waals surface area contributed by atoms with Crippen molar-refractivity contribution in [2.75, 3.05) is 27.2 Å². The monoisotopic (exact) mass is 222 g/mol. The Morgan fingerprint density at radius 3 is 2.75 bits per heavy atom. The molecule has 0 heterocycles. The average Bonchev–Trinajstić information content (AvgIpc) is 2.22. The first-order valence-electron chi connectivity index (χ1n) is 5.73. The third kappa shape index (κ3) is 4.64. The quantitative estimate of drug-likeness (QED) is 0.720. The summed E-state index contributed by atoms with van der Waals surface area (Å²) in [6, 6.07) is 5.70. The predicted octanol–water partition coefficient (Wildman–Crippen LogP) is 1.74. The lowest BCUT2D eigenvalue weighted by atomic mass is 10.1. The Kier molecular flexibility index (Phi) is 5.29. The van der Waals surface area contributed by atoms with Gasteiger partial charge in [-0.25, -0.2) is 0 Å². The molecule has 1 aromatic rings. The summed E-state index contributed by atoms with van der Waals surface area (Å²) in [6.07, 6.45) is 1.12. The third-order valence-electron chi connectivity index (χ3n) is 2.51. The number of nitrogens with one attached hydrogen (secondary N) is 1. The summed E-state index contributed by atoms with van der Waals surface area (Å²) in [5, 5.41) is 13.0. The minimum Gasteiger partial charge on any atom is -0.508 e. The molecule has 0 aliphatic carbocycles. The van der Waals surface area contributed by atoms with Crippen LogP contribution in [0.2, 0.25) is 0 Å². The first-order chi connectivity index (χ1) is 7.59. The summed E-state index contributed by atoms with van der Waals surface area (Å²) < 4.78 is 0. The van der Waals surface area contributed by atoms with Crippen molar-refractivity contribution in [2.45, 2.75) is 19.9 Å². The number of hydrogen-bond acceptors (Lipinski definition) is 3. The lowest BCUT2D eigenvalue weighted by molar-refractivity contribution is 0.393. The van der Waals surface area contributed by atoms with Gasteiger partial charge >= 0.3 is 0 Å². The minimum atomic E-state index is 0.380. The van der Waals surface area contributed by atoms with Crippen LogP contribution in [0.5, 0.6) is 5.75 Å². The number of phenolic OH excluding ortho intramolecular Hbond substituents is 1. The molecule has 0 spiro atoms. The predicted molar refractivity (Wildman–Crippen MR) is 67.7 cm³/mol. The number of nitrogens with zero attached hydrogens (tertiary/aromatic N) is 1. The lowest BCUT2D eigenvalue weighted by Crippen LogP contribution is -2.21. The van der Waals surface area contributed by atoms with Gasteiger partial charge in [0.05, 0.1) is 0 Å². The number of rotatable bonds is 6. The molecular formula is C13H22N2O. The van der Waals surface area contributed by atoms with E-state index in [1.807, 2.05) is 19.1 Å². The van der Waals surface area contributed by atoms with Gasteiger partial charge in [0.1, 0.15) is 5.75 Å². The van der Waals surface area contributed by atoms with Gasteiger partial charge in [0.25, 0.3) is 0 Å². The highest BCUT2D eigenvalue weighted by atomic mass is 16.3. The van der Waals surface area contributed by atoms with Crippen molar-refractivity contribution in [3.05, 3.63) is 29.3 Å². The third-order valence-corrected chi connectivity index (χ3v) is 2.51. The smallest absolute Gasteiger partial charge is 0.120 e. The van der Waals surface area contributed by atoms with Crippen molar-refractivity contribution in [3.63, 3.8) is 0 Å². The molecule has 0 radical (unpaired) electrons. The molecule has 3 nitrogen and oxygen atoms in total. The van der Waals surface area contributed by atoms with Gasteiger partial charge in [0, 0.05) is 12.1 Å². The normalized spacial score (nSPS) is 11.0. The van der Waals surface area contributed by atoms with Gasteiger partial charge in [-0.15, -0.1) is 0 Å². The topological polar surface area (TPSA) is 35.5 Å². The number of hydrogen-bond donors (Lipinski definition) is 2. The summed E-state index contributed by atoms with van der Waals surface area (Å²) >= 11 is 0. The van der Waals surface area contributed by atoms with E-state index in [-0.39, 0.29) is 0 Å². The van der Waals surface area contributed by atoms with E-state index in [9.17, 15) is 5.11 Å². The molecule has 1 rings (SSSR count). The summed E-state index contributed by atoms with van der Waals surface area (Å²) in [6.45, 7) is 4.84. The molecular weight excluding hydrogens is 200 g/mol. The van der Waals surface area contributed by atoms with Crippen molar-refractivity contribution in [2.24, 2.45) is 0 Å². The maximum Gasteiger partial charge on any atom is 0.120 e. The fraction of sp³-hybridized carbons (Fsp3) is 0.538. The number of aryl methyl sites for hydroxylation is 1. The molecule has 0 aromatic heterocycles. The van der Waals surface area contributed by atoms with Crippen molar-refractivity contribution in [3.8, 4) is 5.75 Å². The molecule has 0 amide bonds. The van der Waals surface area contributed by atoms with E-state index in [1.165, 1.54) is 5.56 Å². The zero-order valence-corrected chi connectivity index (χ0v) is 10.5. The Morgan fingerprint density at radius 2 is 2.06 bits per heavy atom. The van der Waals surface area contributed by atoms with Gasteiger partial charge in [-0.2, -0.15) is 0 Å². The van der Waals surface area contributed by atoms with Crippen LogP contribution < -0.4 is 5.32 Å². The lowest BCUT2D eigenvalue weighted by Gasteiger charge is -2.10. The highest BCUT2D eigenvalue weighted by Gasteiger charge is 2.00. The Balaban J connectivity index is 2.29. The van der Waals surface area contributed by atoms with Crippen LogP contribution in [0.1, 0.15) is 17.5 Å². The summed E-state index contributed by atoms with van der Waals surface area (Å²) in [5.41, 5.74) is 2.16. The van der Waals surface area contributed by atoms with E-state index in [1.54, 1.807) is 6.07 Å². The molecule has 0 unspecified atom stereocenters. The van der Waals surface area contributed by atoms with Gasteiger partial charge in [-0.05, 0) is 46.6 Å². The summed E-state index contributed by atoms with van der Waals surface area (Å²) in [4.78, 5) is 2.17. The molecule has 0 fully saturated rings. The Labute approximate surface area is 98.1 Å². The van der Waals surface area contributed by atoms with E-state index >= 15 is 0 Å². The van der Waals surface area contributed by atoms with Crippen LogP contribution >= 0.6 is 0 Å². The molecule has 0 saturated heterocycles. The second-order valence-corrected chi connectivity index (χ2v) is 4.47. The van der Waals surface area contributed by atoms with Crippen molar-refractivity contribution >= 4 is 0 Å². The molecule has 0 saturated carbocycles. The second kappa shape index (κ2) is 6.51. The Hall–Kier alpha value is -1.06. The van der Waals surface area contributed by atoms with Gasteiger partial charge in [0.15, 0.2) is 0 Å². The molecule has 90 valence electrons. The molecule has 3 heteroatoms. The molecule has 16 heavy (non-hydrogen) atoms. The highest BCUT2D eigenvalue weighted by Crippen LogP contribution is 2.17. The number of aromatic hydroxyl groups is 1. The molecule has 0 aliphatic heterocycles. The number of phenols is 1. The van der Waals surface area contributed by atoms with Crippen molar-refractivity contribution in [1.82, 2.24) is 10.2 Å². The van der Waals surface area contributed by atoms with Gasteiger partial charge in [-0.3, -0.25) is 0 Å². The van der Waals surface area contributed by atoms with Gasteiger partial charge in [0.2, 0.25) is 0 Å². The van der Waals surface area contributed by atoms with E-state index in [0.717, 1.165) is 31.6 Å². The average molecular weight is 222 g/mol. The van der Waals surface area contributed by atoms with Crippen molar-refractivity contribution in [1.29, 1.82) is 0 Å². The van der Waals surface area contributed by atoms with Crippen molar-refractivity contribution < 1.29 is 5.11 Å². The van der Waals surface area contributed by atoms with Crippen LogP contribution in [0.25, 0.3) is 0 Å². The van der Waals surface area contributed by atoms with E-state index < -0.39 is 0 Å². The Morgan fingerprint density at radius 1 is 1.31 bits per heavy atom. The van der Waals surface area contributed by atoms with Crippen LogP contribution in [0.3, 0.4) is 0 Å². The fourth-order valence-corrected chi connectivity index (χ4v) is 1.60. The Bertz CT molecular complexity index is 324. The highest BCUT2D eigenvalue weighted by molar-refractivity contribution is 5.35. The van der Waals surface area contributed by atoms with Gasteiger partial charge in [-0.1, -0.05) is 17.7 Å². The van der Waals surface area contributed by atoms with Crippen LogP contribution in [-0.4, -0.2) is 37.2 Å². The van der Waals surface area contributed by atoms with Crippen LogP contribution in [-0.2, 0) is 6.54 Å². The summed E-state index contributed by atoms with van der Waals surface area (Å²) in [5.74, 6) is 0.380. The maximum atomic E-state index is 9.63. The fourth-order valence-electron chi connectivity index (χ4n) is 1.60. The van der Waals surface area contributed by atoms with Crippen LogP contribution in [0, 0.1) is 6.92 Å². The molecule has 1 aromatic carbocycles. The van der Waals surface area contributed by atoms with E-state index in [0.29, 0.717) is 5.75 Å². The second-order valence-electron chi connectivity index (χ2n) is 4.47. The SMILES string of the molecule is Cc1ccc(O)c(CNCCCN(C)C)c1. The molecule has 2 N–H and O–H groups in total. The zero-order valence-electron chi connectivity index (χ0n) is 10.5. The molecule has 0 atom stereocenters. The van der Waals surface area contributed by atoms with Gasteiger partial charge < -0.3 is 15.3 Å². The minimum absolute atomic E-state index is 0.380. The first-order valence-corrected chi connectivity index (χ1v) is 5.73. The van der Waals surface area contributed by atoms with E-state index in [4.69, 9.17) is 0 Å². The number of benzene rings is 1. The molecule has 0 bridgehead atoms. The van der Waals surface area contributed by atoms with Crippen LogP contribution in [0.4, 0.5) is 0 Å². The standard InChI is InChI=1S/C13H22N2O/c1-11-5-6-13(16)12(9-11)10-14-7-4-8-15(2)3/h5-6,9,14,16H,4,7-8,10H2,1-3H3. The van der Waals surface area contributed by atoms with Crippen LogP contribution in [0.15, 0.2) is 18.2 Å².